The zero-order chi connectivity index (χ0) is 14.1. The molecular weight excluding hydrogens is 372 g/mol. The van der Waals surface area contributed by atoms with Crippen molar-refractivity contribution in [2.75, 3.05) is 37.6 Å². The third-order valence-electron chi connectivity index (χ3n) is 3.30. The Balaban J connectivity index is 2.68. The van der Waals surface area contributed by atoms with Crippen molar-refractivity contribution in [3.8, 4) is 0 Å². The minimum atomic E-state index is 0.0824. The molecule has 4 heteroatoms. The second-order valence-corrected chi connectivity index (χ2v) is 5.89. The molecule has 0 heterocycles. The first-order valence-electron chi connectivity index (χ1n) is 6.44. The lowest BCUT2D eigenvalue weighted by Gasteiger charge is -2.31. The summed E-state index contributed by atoms with van der Waals surface area (Å²) < 4.78 is 10.6. The highest BCUT2D eigenvalue weighted by molar-refractivity contribution is 9.09. The van der Waals surface area contributed by atoms with Gasteiger partial charge >= 0.3 is 0 Å². The van der Waals surface area contributed by atoms with Crippen LogP contribution in [0.4, 0.5) is 0 Å². The van der Waals surface area contributed by atoms with Crippen molar-refractivity contribution in [3.05, 3.63) is 35.4 Å². The van der Waals surface area contributed by atoms with Gasteiger partial charge in [0.2, 0.25) is 0 Å². The van der Waals surface area contributed by atoms with E-state index in [1.165, 1.54) is 11.1 Å². The molecule has 0 fully saturated rings. The fraction of sp³-hybridized carbons (Fsp3) is 0.600. The van der Waals surface area contributed by atoms with Gasteiger partial charge in [-0.05, 0) is 18.9 Å². The summed E-state index contributed by atoms with van der Waals surface area (Å²) in [4.78, 5) is 0. The Hall–Kier alpha value is 0.1000. The predicted molar refractivity (Wildman–Crippen MR) is 87.8 cm³/mol. The maximum atomic E-state index is 5.62. The van der Waals surface area contributed by atoms with Crippen LogP contribution < -0.4 is 0 Å². The Labute approximate surface area is 133 Å². The van der Waals surface area contributed by atoms with Crippen LogP contribution in [0.1, 0.15) is 17.5 Å². The van der Waals surface area contributed by atoms with E-state index in [2.05, 4.69) is 63.0 Å². The lowest BCUT2D eigenvalue weighted by molar-refractivity contribution is 0.0635. The molecule has 0 radical (unpaired) electrons. The summed E-state index contributed by atoms with van der Waals surface area (Å²) in [5.41, 5.74) is 2.74. The molecule has 0 amide bonds. The van der Waals surface area contributed by atoms with Crippen molar-refractivity contribution in [2.24, 2.45) is 0 Å². The van der Waals surface area contributed by atoms with Gasteiger partial charge in [-0.1, -0.05) is 61.7 Å². The van der Waals surface area contributed by atoms with E-state index in [9.17, 15) is 0 Å². The van der Waals surface area contributed by atoms with E-state index in [1.807, 2.05) is 0 Å². The number of rotatable bonds is 9. The molecule has 0 aromatic heterocycles. The highest BCUT2D eigenvalue weighted by Crippen LogP contribution is 2.33. The van der Waals surface area contributed by atoms with Crippen molar-refractivity contribution in [1.82, 2.24) is 0 Å². The van der Waals surface area contributed by atoms with Crippen LogP contribution in [0.25, 0.3) is 0 Å². The normalized spacial score (nSPS) is 11.8. The number of aryl methyl sites for hydroxylation is 1. The molecular formula is C15H22Br2O2. The molecule has 1 aromatic carbocycles. The molecule has 0 aliphatic carbocycles. The minimum absolute atomic E-state index is 0.0824. The number of halogens is 2. The van der Waals surface area contributed by atoms with E-state index in [4.69, 9.17) is 9.47 Å². The maximum Gasteiger partial charge on any atom is 0.0700 e. The summed E-state index contributed by atoms with van der Waals surface area (Å²) in [6.07, 6.45) is 0.983. The number of hydrogen-bond acceptors (Lipinski definition) is 2. The minimum Gasteiger partial charge on any atom is -0.382 e. The lowest BCUT2D eigenvalue weighted by atomic mass is 9.81. The number of methoxy groups -OCH3 is 1. The number of alkyl halides is 2. The quantitative estimate of drug-likeness (QED) is 0.465. The Bertz CT molecular complexity index is 365. The van der Waals surface area contributed by atoms with Crippen LogP contribution in [-0.4, -0.2) is 37.6 Å². The van der Waals surface area contributed by atoms with Crippen LogP contribution in [0.3, 0.4) is 0 Å². The van der Waals surface area contributed by atoms with Crippen molar-refractivity contribution in [1.29, 1.82) is 0 Å². The first-order chi connectivity index (χ1) is 9.18. The summed E-state index contributed by atoms with van der Waals surface area (Å²) in [5, 5.41) is 1.84. The molecule has 1 aromatic rings. The average molecular weight is 394 g/mol. The van der Waals surface area contributed by atoms with Crippen LogP contribution in [0.15, 0.2) is 24.3 Å². The summed E-state index contributed by atoms with van der Waals surface area (Å²) in [6.45, 7) is 4.19. The van der Waals surface area contributed by atoms with Crippen LogP contribution in [0.5, 0.6) is 0 Å². The molecule has 19 heavy (non-hydrogen) atoms. The van der Waals surface area contributed by atoms with Crippen LogP contribution in [0, 0.1) is 6.92 Å². The van der Waals surface area contributed by atoms with Crippen LogP contribution >= 0.6 is 31.9 Å². The molecule has 0 bridgehead atoms. The summed E-state index contributed by atoms with van der Waals surface area (Å²) in [7, 11) is 1.69. The third-order valence-corrected chi connectivity index (χ3v) is 5.45. The average Bonchev–Trinajstić information content (AvgIpc) is 2.43. The van der Waals surface area contributed by atoms with E-state index >= 15 is 0 Å². The van der Waals surface area contributed by atoms with Crippen molar-refractivity contribution in [2.45, 2.75) is 18.8 Å². The standard InChI is InChI=1S/C15H22Br2O2/c1-13-4-3-5-14(10-13)15(11-16,12-17)6-7-19-9-8-18-2/h3-5,10H,6-9,11-12H2,1-2H3. The van der Waals surface area contributed by atoms with Gasteiger partial charge < -0.3 is 9.47 Å². The van der Waals surface area contributed by atoms with E-state index in [0.717, 1.165) is 23.7 Å². The highest BCUT2D eigenvalue weighted by Gasteiger charge is 2.29. The lowest BCUT2D eigenvalue weighted by Crippen LogP contribution is -2.32. The van der Waals surface area contributed by atoms with Crippen LogP contribution in [0.2, 0.25) is 0 Å². The van der Waals surface area contributed by atoms with Gasteiger partial charge in [0.1, 0.15) is 0 Å². The van der Waals surface area contributed by atoms with Crippen molar-refractivity contribution in [3.63, 3.8) is 0 Å². The molecule has 0 aliphatic heterocycles. The number of hydrogen-bond donors (Lipinski definition) is 0. The molecule has 0 unspecified atom stereocenters. The number of ether oxygens (including phenoxy) is 2. The first kappa shape index (κ1) is 17.2. The van der Waals surface area contributed by atoms with Gasteiger partial charge in [0.05, 0.1) is 13.2 Å². The van der Waals surface area contributed by atoms with Crippen molar-refractivity contribution < 1.29 is 9.47 Å². The molecule has 0 N–H and O–H groups in total. The van der Waals surface area contributed by atoms with E-state index < -0.39 is 0 Å². The summed E-state index contributed by atoms with van der Waals surface area (Å²) in [5.74, 6) is 0. The smallest absolute Gasteiger partial charge is 0.0700 e. The van der Waals surface area contributed by atoms with Gasteiger partial charge in [0.25, 0.3) is 0 Å². The maximum absolute atomic E-state index is 5.62. The molecule has 108 valence electrons. The Morgan fingerprint density at radius 1 is 1.11 bits per heavy atom. The molecule has 0 atom stereocenters. The Kier molecular flexibility index (Phi) is 8.23. The van der Waals surface area contributed by atoms with E-state index in [0.29, 0.717) is 13.2 Å². The summed E-state index contributed by atoms with van der Waals surface area (Å²) in [6, 6.07) is 8.71. The summed E-state index contributed by atoms with van der Waals surface area (Å²) >= 11 is 7.33. The van der Waals surface area contributed by atoms with Gasteiger partial charge in [-0.2, -0.15) is 0 Å². The fourth-order valence-electron chi connectivity index (χ4n) is 1.95. The highest BCUT2D eigenvalue weighted by atomic mass is 79.9. The van der Waals surface area contributed by atoms with Gasteiger partial charge in [-0.3, -0.25) is 0 Å². The third kappa shape index (κ3) is 5.18. The zero-order valence-electron chi connectivity index (χ0n) is 11.6. The second kappa shape index (κ2) is 9.11. The monoisotopic (exact) mass is 392 g/mol. The largest absolute Gasteiger partial charge is 0.382 e. The van der Waals surface area contributed by atoms with Gasteiger partial charge in [-0.15, -0.1) is 0 Å². The van der Waals surface area contributed by atoms with Gasteiger partial charge in [0, 0.05) is 29.8 Å². The molecule has 0 saturated carbocycles. The molecule has 0 aliphatic rings. The SMILES string of the molecule is COCCOCCC(CBr)(CBr)c1cccc(C)c1. The zero-order valence-corrected chi connectivity index (χ0v) is 14.8. The van der Waals surface area contributed by atoms with E-state index in [1.54, 1.807) is 7.11 Å². The van der Waals surface area contributed by atoms with Gasteiger partial charge in [-0.25, -0.2) is 0 Å². The van der Waals surface area contributed by atoms with E-state index in [-0.39, 0.29) is 5.41 Å². The second-order valence-electron chi connectivity index (χ2n) is 4.77. The van der Waals surface area contributed by atoms with Crippen molar-refractivity contribution >= 4 is 31.9 Å². The van der Waals surface area contributed by atoms with Gasteiger partial charge in [0.15, 0.2) is 0 Å². The molecule has 0 saturated heterocycles. The molecule has 0 spiro atoms. The predicted octanol–water partition coefficient (Wildman–Crippen LogP) is 4.08. The molecule has 1 rings (SSSR count). The number of benzene rings is 1. The first-order valence-corrected chi connectivity index (χ1v) is 8.68. The fourth-order valence-corrected chi connectivity index (χ4v) is 4.09. The topological polar surface area (TPSA) is 18.5 Å². The Morgan fingerprint density at radius 2 is 1.84 bits per heavy atom. The molecule has 2 nitrogen and oxygen atoms in total. The van der Waals surface area contributed by atoms with Crippen LogP contribution in [-0.2, 0) is 14.9 Å². The Morgan fingerprint density at radius 3 is 2.42 bits per heavy atom.